The van der Waals surface area contributed by atoms with Gasteiger partial charge in [-0.15, -0.1) is 0 Å². The predicted octanol–water partition coefficient (Wildman–Crippen LogP) is 3.88. The van der Waals surface area contributed by atoms with Crippen molar-refractivity contribution in [3.8, 4) is 0 Å². The van der Waals surface area contributed by atoms with Gasteiger partial charge in [-0.1, -0.05) is 60.2 Å². The van der Waals surface area contributed by atoms with Crippen molar-refractivity contribution in [2.75, 3.05) is 6.54 Å². The van der Waals surface area contributed by atoms with Crippen LogP contribution in [0.3, 0.4) is 0 Å². The first-order valence-electron chi connectivity index (χ1n) is 6.20. The van der Waals surface area contributed by atoms with Gasteiger partial charge in [0.1, 0.15) is 0 Å². The van der Waals surface area contributed by atoms with Gasteiger partial charge in [0.15, 0.2) is 0 Å². The maximum atomic E-state index is 4.62. The molecule has 2 aromatic carbocycles. The van der Waals surface area contributed by atoms with Crippen LogP contribution in [0.1, 0.15) is 16.7 Å². The summed E-state index contributed by atoms with van der Waals surface area (Å²) in [4.78, 5) is 4.62. The molecule has 0 unspecified atom stereocenters. The molecule has 0 amide bonds. The van der Waals surface area contributed by atoms with Crippen LogP contribution in [0.4, 0.5) is 0 Å². The third-order valence-electron chi connectivity index (χ3n) is 3.22. The second kappa shape index (κ2) is 4.61. The molecule has 0 spiro atoms. The maximum absolute atomic E-state index is 4.62. The van der Waals surface area contributed by atoms with Crippen LogP contribution in [0.25, 0.3) is 5.57 Å². The van der Waals surface area contributed by atoms with Gasteiger partial charge in [0.2, 0.25) is 0 Å². The second-order valence-electron chi connectivity index (χ2n) is 4.60. The average Bonchev–Trinajstić information content (AvgIpc) is 2.90. The van der Waals surface area contributed by atoms with Crippen LogP contribution >= 0.6 is 0 Å². The van der Waals surface area contributed by atoms with Crippen molar-refractivity contribution in [3.05, 3.63) is 77.4 Å². The minimum atomic E-state index is 0.785. The van der Waals surface area contributed by atoms with Gasteiger partial charge < -0.3 is 0 Å². The normalized spacial score (nSPS) is 14.3. The van der Waals surface area contributed by atoms with Crippen molar-refractivity contribution >= 4 is 11.3 Å². The molecular weight excluding hydrogens is 218 g/mol. The van der Waals surface area contributed by atoms with E-state index in [9.17, 15) is 0 Å². The molecule has 1 aliphatic rings. The Hall–Kier alpha value is -2.15. The Morgan fingerprint density at radius 3 is 2.28 bits per heavy atom. The van der Waals surface area contributed by atoms with E-state index in [0.29, 0.717) is 0 Å². The number of aryl methyl sites for hydroxylation is 1. The fourth-order valence-corrected chi connectivity index (χ4v) is 2.15. The van der Waals surface area contributed by atoms with Gasteiger partial charge in [0.25, 0.3) is 0 Å². The third kappa shape index (κ3) is 2.12. The van der Waals surface area contributed by atoms with Crippen LogP contribution in [0.15, 0.2) is 65.7 Å². The monoisotopic (exact) mass is 233 g/mol. The molecule has 0 atom stereocenters. The molecule has 0 N–H and O–H groups in total. The van der Waals surface area contributed by atoms with Gasteiger partial charge in [-0.05, 0) is 29.7 Å². The lowest BCUT2D eigenvalue weighted by molar-refractivity contribution is 1.29. The van der Waals surface area contributed by atoms with Crippen LogP contribution in [-0.2, 0) is 0 Å². The van der Waals surface area contributed by atoms with E-state index in [2.05, 4.69) is 66.5 Å². The molecule has 2 aromatic rings. The first-order valence-corrected chi connectivity index (χ1v) is 6.20. The average molecular weight is 233 g/mol. The van der Waals surface area contributed by atoms with Crippen LogP contribution in [0.2, 0.25) is 0 Å². The number of rotatable bonds is 2. The van der Waals surface area contributed by atoms with Gasteiger partial charge in [-0.3, -0.25) is 4.99 Å². The minimum absolute atomic E-state index is 0.785. The van der Waals surface area contributed by atoms with Crippen molar-refractivity contribution in [3.63, 3.8) is 0 Å². The summed E-state index contributed by atoms with van der Waals surface area (Å²) in [5.74, 6) is 0. The molecule has 3 rings (SSSR count). The number of allylic oxidation sites excluding steroid dienone is 1. The summed E-state index contributed by atoms with van der Waals surface area (Å²) in [6.07, 6.45) is 2.19. The highest BCUT2D eigenvalue weighted by Gasteiger charge is 2.11. The SMILES string of the molecule is Cc1ccc(C2=NCC(c3ccccc3)=C2)cc1. The summed E-state index contributed by atoms with van der Waals surface area (Å²) in [5, 5.41) is 0. The molecule has 0 bridgehead atoms. The van der Waals surface area contributed by atoms with E-state index in [-0.39, 0.29) is 0 Å². The number of benzene rings is 2. The quantitative estimate of drug-likeness (QED) is 0.746. The van der Waals surface area contributed by atoms with Gasteiger partial charge in [-0.2, -0.15) is 0 Å². The Morgan fingerprint density at radius 1 is 0.833 bits per heavy atom. The van der Waals surface area contributed by atoms with Crippen LogP contribution in [0, 0.1) is 6.92 Å². The zero-order valence-corrected chi connectivity index (χ0v) is 10.4. The molecule has 0 saturated heterocycles. The zero-order chi connectivity index (χ0) is 12.4. The minimum Gasteiger partial charge on any atom is -0.280 e. The molecule has 18 heavy (non-hydrogen) atoms. The van der Waals surface area contributed by atoms with E-state index < -0.39 is 0 Å². The maximum Gasteiger partial charge on any atom is 0.0654 e. The van der Waals surface area contributed by atoms with Crippen molar-refractivity contribution in [2.24, 2.45) is 4.99 Å². The fraction of sp³-hybridized carbons (Fsp3) is 0.118. The molecule has 1 heteroatoms. The highest BCUT2D eigenvalue weighted by molar-refractivity contribution is 6.14. The molecule has 0 radical (unpaired) electrons. The Labute approximate surface area is 108 Å². The van der Waals surface area contributed by atoms with Crippen molar-refractivity contribution < 1.29 is 0 Å². The topological polar surface area (TPSA) is 12.4 Å². The Morgan fingerprint density at radius 2 is 1.56 bits per heavy atom. The van der Waals surface area contributed by atoms with Crippen molar-refractivity contribution in [1.82, 2.24) is 0 Å². The number of nitrogens with zero attached hydrogens (tertiary/aromatic N) is 1. The van der Waals surface area contributed by atoms with Gasteiger partial charge in [0.05, 0.1) is 12.3 Å². The Bertz CT molecular complexity index is 604. The van der Waals surface area contributed by atoms with E-state index in [4.69, 9.17) is 0 Å². The second-order valence-corrected chi connectivity index (χ2v) is 4.60. The number of hydrogen-bond acceptors (Lipinski definition) is 1. The molecule has 1 aliphatic heterocycles. The predicted molar refractivity (Wildman–Crippen MR) is 77.0 cm³/mol. The summed E-state index contributed by atoms with van der Waals surface area (Å²) in [5.41, 5.74) is 6.14. The Balaban J connectivity index is 1.89. The van der Waals surface area contributed by atoms with E-state index in [1.807, 2.05) is 6.07 Å². The lowest BCUT2D eigenvalue weighted by Crippen LogP contribution is -1.93. The number of hydrogen-bond donors (Lipinski definition) is 0. The zero-order valence-electron chi connectivity index (χ0n) is 10.4. The summed E-state index contributed by atoms with van der Waals surface area (Å²) < 4.78 is 0. The van der Waals surface area contributed by atoms with Gasteiger partial charge in [-0.25, -0.2) is 0 Å². The van der Waals surface area contributed by atoms with E-state index in [1.165, 1.54) is 22.3 Å². The summed E-state index contributed by atoms with van der Waals surface area (Å²) in [7, 11) is 0. The summed E-state index contributed by atoms with van der Waals surface area (Å²) in [6, 6.07) is 19.0. The molecule has 0 saturated carbocycles. The summed E-state index contributed by atoms with van der Waals surface area (Å²) in [6.45, 7) is 2.89. The van der Waals surface area contributed by atoms with E-state index in [1.54, 1.807) is 0 Å². The van der Waals surface area contributed by atoms with Crippen molar-refractivity contribution in [2.45, 2.75) is 6.92 Å². The summed E-state index contributed by atoms with van der Waals surface area (Å²) >= 11 is 0. The molecule has 0 fully saturated rings. The molecule has 0 aliphatic carbocycles. The largest absolute Gasteiger partial charge is 0.280 e. The first-order chi connectivity index (χ1) is 8.83. The highest BCUT2D eigenvalue weighted by atomic mass is 14.8. The fourth-order valence-electron chi connectivity index (χ4n) is 2.15. The smallest absolute Gasteiger partial charge is 0.0654 e. The van der Waals surface area contributed by atoms with Crippen LogP contribution < -0.4 is 0 Å². The van der Waals surface area contributed by atoms with E-state index in [0.717, 1.165) is 12.3 Å². The lowest BCUT2D eigenvalue weighted by Gasteiger charge is -1.99. The number of aliphatic imine (C=N–C) groups is 1. The Kier molecular flexibility index (Phi) is 2.81. The molecule has 1 heterocycles. The van der Waals surface area contributed by atoms with E-state index >= 15 is 0 Å². The highest BCUT2D eigenvalue weighted by Crippen LogP contribution is 2.21. The van der Waals surface area contributed by atoms with Crippen LogP contribution in [-0.4, -0.2) is 12.3 Å². The van der Waals surface area contributed by atoms with Crippen LogP contribution in [0.5, 0.6) is 0 Å². The van der Waals surface area contributed by atoms with Gasteiger partial charge >= 0.3 is 0 Å². The molecule has 1 nitrogen and oxygen atoms in total. The van der Waals surface area contributed by atoms with Gasteiger partial charge in [0, 0.05) is 0 Å². The molecular formula is C17H15N. The lowest BCUT2D eigenvalue weighted by atomic mass is 10.0. The van der Waals surface area contributed by atoms with Crippen molar-refractivity contribution in [1.29, 1.82) is 0 Å². The first kappa shape index (κ1) is 11.0. The molecule has 0 aromatic heterocycles. The standard InChI is InChI=1S/C17H15N/c1-13-7-9-15(10-8-13)17-11-16(12-18-17)14-5-3-2-4-6-14/h2-11H,12H2,1H3. The third-order valence-corrected chi connectivity index (χ3v) is 3.22. The molecule has 88 valence electrons.